The zero-order valence-corrected chi connectivity index (χ0v) is 10.1. The maximum Gasteiger partial charge on any atom is 0.227 e. The topological polar surface area (TPSA) is 49.8 Å². The third kappa shape index (κ3) is 2.14. The molecule has 92 valence electrons. The van der Waals surface area contributed by atoms with Crippen molar-refractivity contribution >= 4 is 23.2 Å². The fourth-order valence-electron chi connectivity index (χ4n) is 1.82. The Morgan fingerprint density at radius 3 is 3.06 bits per heavy atom. The summed E-state index contributed by atoms with van der Waals surface area (Å²) in [7, 11) is 0. The average Bonchev–Trinajstić information content (AvgIpc) is 2.81. The lowest BCUT2D eigenvalue weighted by Gasteiger charge is -2.06. The van der Waals surface area contributed by atoms with Gasteiger partial charge < -0.3 is 10.6 Å². The maximum absolute atomic E-state index is 13.3. The van der Waals surface area contributed by atoms with Gasteiger partial charge in [-0.25, -0.2) is 14.4 Å². The maximum atomic E-state index is 13.3. The SMILES string of the molecule is Fc1cc(Nc2ncc3c(n2)CNC3)ccc1Cl. The third-order valence-electron chi connectivity index (χ3n) is 2.74. The second kappa shape index (κ2) is 4.51. The Morgan fingerprint density at radius 1 is 1.33 bits per heavy atom. The van der Waals surface area contributed by atoms with E-state index in [-0.39, 0.29) is 5.02 Å². The Labute approximate surface area is 108 Å². The molecule has 1 aliphatic rings. The molecule has 18 heavy (non-hydrogen) atoms. The van der Waals surface area contributed by atoms with Gasteiger partial charge in [0.25, 0.3) is 0 Å². The Kier molecular flexibility index (Phi) is 2.85. The summed E-state index contributed by atoms with van der Waals surface area (Å²) in [5.74, 6) is -0.0105. The van der Waals surface area contributed by atoms with E-state index in [9.17, 15) is 4.39 Å². The van der Waals surface area contributed by atoms with E-state index in [0.29, 0.717) is 11.6 Å². The van der Waals surface area contributed by atoms with E-state index in [1.165, 1.54) is 12.1 Å². The van der Waals surface area contributed by atoms with Gasteiger partial charge in [-0.05, 0) is 18.2 Å². The fourth-order valence-corrected chi connectivity index (χ4v) is 1.94. The van der Waals surface area contributed by atoms with Crippen LogP contribution in [0.3, 0.4) is 0 Å². The lowest BCUT2D eigenvalue weighted by Crippen LogP contribution is -2.01. The second-order valence-corrected chi connectivity index (χ2v) is 4.43. The van der Waals surface area contributed by atoms with Gasteiger partial charge in [0.2, 0.25) is 5.95 Å². The summed E-state index contributed by atoms with van der Waals surface area (Å²) in [4.78, 5) is 8.54. The Bertz CT molecular complexity index is 603. The van der Waals surface area contributed by atoms with Crippen LogP contribution in [0.1, 0.15) is 11.3 Å². The second-order valence-electron chi connectivity index (χ2n) is 4.02. The molecule has 1 aliphatic heterocycles. The first-order valence-corrected chi connectivity index (χ1v) is 5.88. The molecule has 4 nitrogen and oxygen atoms in total. The lowest BCUT2D eigenvalue weighted by molar-refractivity contribution is 0.629. The van der Waals surface area contributed by atoms with E-state index >= 15 is 0 Å². The van der Waals surface area contributed by atoms with Crippen molar-refractivity contribution in [3.63, 3.8) is 0 Å². The van der Waals surface area contributed by atoms with E-state index < -0.39 is 5.82 Å². The van der Waals surface area contributed by atoms with Gasteiger partial charge in [-0.2, -0.15) is 0 Å². The molecular formula is C12H10ClFN4. The van der Waals surface area contributed by atoms with Crippen LogP contribution in [0.15, 0.2) is 24.4 Å². The molecule has 1 aromatic heterocycles. The normalized spacial score (nSPS) is 13.4. The molecule has 2 heterocycles. The summed E-state index contributed by atoms with van der Waals surface area (Å²) in [6, 6.07) is 4.49. The van der Waals surface area contributed by atoms with Crippen molar-refractivity contribution in [2.24, 2.45) is 0 Å². The monoisotopic (exact) mass is 264 g/mol. The molecule has 2 aromatic rings. The van der Waals surface area contributed by atoms with Crippen molar-refractivity contribution in [1.82, 2.24) is 15.3 Å². The minimum absolute atomic E-state index is 0.0969. The molecule has 3 rings (SSSR count). The first-order chi connectivity index (χ1) is 8.72. The third-order valence-corrected chi connectivity index (χ3v) is 3.04. The van der Waals surface area contributed by atoms with Crippen LogP contribution in [0.2, 0.25) is 5.02 Å². The van der Waals surface area contributed by atoms with E-state index in [1.807, 2.05) is 0 Å². The molecule has 0 atom stereocenters. The number of aromatic nitrogens is 2. The molecule has 0 unspecified atom stereocenters. The van der Waals surface area contributed by atoms with Crippen LogP contribution in [0, 0.1) is 5.82 Å². The standard InChI is InChI=1S/C12H10ClFN4/c13-9-2-1-8(3-10(9)14)17-12-16-5-7-4-15-6-11(7)18-12/h1-3,5,15H,4,6H2,(H,16,17,18). The number of nitrogens with zero attached hydrogens (tertiary/aromatic N) is 2. The Morgan fingerprint density at radius 2 is 2.22 bits per heavy atom. The van der Waals surface area contributed by atoms with Gasteiger partial charge in [0.05, 0.1) is 10.7 Å². The highest BCUT2D eigenvalue weighted by molar-refractivity contribution is 6.30. The van der Waals surface area contributed by atoms with Crippen molar-refractivity contribution < 1.29 is 4.39 Å². The van der Waals surface area contributed by atoms with Crippen LogP contribution < -0.4 is 10.6 Å². The van der Waals surface area contributed by atoms with Gasteiger partial charge in [0.1, 0.15) is 5.82 Å². The lowest BCUT2D eigenvalue weighted by atomic mass is 10.3. The molecular weight excluding hydrogens is 255 g/mol. The van der Waals surface area contributed by atoms with Gasteiger partial charge in [-0.3, -0.25) is 0 Å². The number of hydrogen-bond acceptors (Lipinski definition) is 4. The number of halogens is 2. The van der Waals surface area contributed by atoms with Crippen molar-refractivity contribution in [2.75, 3.05) is 5.32 Å². The van der Waals surface area contributed by atoms with E-state index in [0.717, 1.165) is 24.3 Å². The number of fused-ring (bicyclic) bond motifs is 1. The summed E-state index contributed by atoms with van der Waals surface area (Å²) in [5, 5.41) is 6.24. The molecule has 0 amide bonds. The molecule has 0 saturated carbocycles. The predicted molar refractivity (Wildman–Crippen MR) is 67.3 cm³/mol. The molecule has 0 spiro atoms. The Balaban J connectivity index is 1.85. The Hall–Kier alpha value is -1.72. The molecule has 0 aliphatic carbocycles. The van der Waals surface area contributed by atoms with Crippen LogP contribution in [0.5, 0.6) is 0 Å². The number of benzene rings is 1. The number of anilines is 2. The zero-order chi connectivity index (χ0) is 12.5. The molecule has 0 fully saturated rings. The quantitative estimate of drug-likeness (QED) is 0.875. The van der Waals surface area contributed by atoms with Gasteiger partial charge in [0, 0.05) is 30.5 Å². The molecule has 0 saturated heterocycles. The fraction of sp³-hybridized carbons (Fsp3) is 0.167. The van der Waals surface area contributed by atoms with Gasteiger partial charge in [-0.1, -0.05) is 11.6 Å². The summed E-state index contributed by atoms with van der Waals surface area (Å²) < 4.78 is 13.3. The highest BCUT2D eigenvalue weighted by Crippen LogP contribution is 2.21. The van der Waals surface area contributed by atoms with Gasteiger partial charge in [-0.15, -0.1) is 0 Å². The summed E-state index contributed by atoms with van der Waals surface area (Å²) >= 11 is 5.62. The smallest absolute Gasteiger partial charge is 0.227 e. The molecule has 0 radical (unpaired) electrons. The zero-order valence-electron chi connectivity index (χ0n) is 9.37. The van der Waals surface area contributed by atoms with Crippen molar-refractivity contribution in [3.8, 4) is 0 Å². The minimum atomic E-state index is -0.468. The first-order valence-electron chi connectivity index (χ1n) is 5.50. The number of nitrogens with one attached hydrogen (secondary N) is 2. The summed E-state index contributed by atoms with van der Waals surface area (Å²) in [6.07, 6.45) is 1.77. The van der Waals surface area contributed by atoms with Crippen molar-refractivity contribution in [1.29, 1.82) is 0 Å². The highest BCUT2D eigenvalue weighted by Gasteiger charge is 2.12. The van der Waals surface area contributed by atoms with E-state index in [2.05, 4.69) is 20.6 Å². The van der Waals surface area contributed by atoms with Crippen LogP contribution in [-0.4, -0.2) is 9.97 Å². The van der Waals surface area contributed by atoms with Crippen molar-refractivity contribution in [3.05, 3.63) is 46.5 Å². The number of hydrogen-bond donors (Lipinski definition) is 2. The van der Waals surface area contributed by atoms with E-state index in [4.69, 9.17) is 11.6 Å². The predicted octanol–water partition coefficient (Wildman–Crippen LogP) is 2.62. The molecule has 2 N–H and O–H groups in total. The molecule has 1 aromatic carbocycles. The van der Waals surface area contributed by atoms with Crippen LogP contribution >= 0.6 is 11.6 Å². The largest absolute Gasteiger partial charge is 0.324 e. The van der Waals surface area contributed by atoms with Crippen LogP contribution in [-0.2, 0) is 13.1 Å². The summed E-state index contributed by atoms with van der Waals surface area (Å²) in [6.45, 7) is 1.53. The van der Waals surface area contributed by atoms with Crippen molar-refractivity contribution in [2.45, 2.75) is 13.1 Å². The minimum Gasteiger partial charge on any atom is -0.324 e. The highest BCUT2D eigenvalue weighted by atomic mass is 35.5. The van der Waals surface area contributed by atoms with Gasteiger partial charge in [0.15, 0.2) is 0 Å². The van der Waals surface area contributed by atoms with E-state index in [1.54, 1.807) is 12.3 Å². The van der Waals surface area contributed by atoms with Crippen LogP contribution in [0.4, 0.5) is 16.0 Å². The van der Waals surface area contributed by atoms with Crippen LogP contribution in [0.25, 0.3) is 0 Å². The average molecular weight is 265 g/mol. The summed E-state index contributed by atoms with van der Waals surface area (Å²) in [5.41, 5.74) is 2.65. The first kappa shape index (κ1) is 11.4. The molecule has 6 heteroatoms. The molecule has 0 bridgehead atoms. The van der Waals surface area contributed by atoms with Gasteiger partial charge >= 0.3 is 0 Å². The number of rotatable bonds is 2.